The number of hydrogen-bond donors (Lipinski definition) is 0. The van der Waals surface area contributed by atoms with Gasteiger partial charge in [-0.25, -0.2) is 0 Å². The van der Waals surface area contributed by atoms with E-state index in [1.165, 1.54) is 0 Å². The molecule has 2 unspecified atom stereocenters. The van der Waals surface area contributed by atoms with E-state index in [0.29, 0.717) is 26.2 Å². The molecule has 0 radical (unpaired) electrons. The molecule has 1 aromatic carbocycles. The molecule has 1 saturated heterocycles. The van der Waals surface area contributed by atoms with Crippen molar-refractivity contribution in [2.75, 3.05) is 19.8 Å². The topological polar surface area (TPSA) is 71.1 Å². The van der Waals surface area contributed by atoms with Gasteiger partial charge in [-0.3, -0.25) is 9.59 Å². The number of allylic oxidation sites excluding steroid dienone is 1. The minimum atomic E-state index is -0.420. The Morgan fingerprint density at radius 1 is 1.00 bits per heavy atom. The summed E-state index contributed by atoms with van der Waals surface area (Å²) in [7, 11) is 0. The molecule has 0 N–H and O–H groups in total. The van der Waals surface area contributed by atoms with Crippen LogP contribution in [0.15, 0.2) is 24.0 Å². The molecule has 1 heterocycles. The van der Waals surface area contributed by atoms with Gasteiger partial charge in [-0.2, -0.15) is 0 Å². The lowest BCUT2D eigenvalue weighted by molar-refractivity contribution is -0.153. The predicted molar refractivity (Wildman–Crippen MR) is 104 cm³/mol. The third-order valence-electron chi connectivity index (χ3n) is 5.10. The van der Waals surface area contributed by atoms with E-state index in [0.717, 1.165) is 41.2 Å². The summed E-state index contributed by atoms with van der Waals surface area (Å²) in [5.74, 6) is 1.29. The van der Waals surface area contributed by atoms with Crippen LogP contribution in [0.5, 0.6) is 5.75 Å². The molecule has 1 aliphatic carbocycles. The summed E-state index contributed by atoms with van der Waals surface area (Å²) in [6, 6.07) is 6.02. The number of cyclic esters (lactones) is 2. The van der Waals surface area contributed by atoms with Crippen molar-refractivity contribution in [3.8, 4) is 5.75 Å². The molecule has 1 fully saturated rings. The molecule has 0 saturated carbocycles. The number of ether oxygens (including phenoxy) is 4. The third-order valence-corrected chi connectivity index (χ3v) is 5.10. The van der Waals surface area contributed by atoms with E-state index in [1.54, 1.807) is 0 Å². The lowest BCUT2D eigenvalue weighted by Crippen LogP contribution is -2.09. The van der Waals surface area contributed by atoms with Gasteiger partial charge in [0.2, 0.25) is 0 Å². The van der Waals surface area contributed by atoms with Crippen LogP contribution in [0, 0.1) is 5.92 Å². The number of esters is 2. The quantitative estimate of drug-likeness (QED) is 0.442. The van der Waals surface area contributed by atoms with E-state index >= 15 is 0 Å². The molecule has 28 heavy (non-hydrogen) atoms. The molecule has 0 spiro atoms. The van der Waals surface area contributed by atoms with Crippen molar-refractivity contribution < 1.29 is 28.5 Å². The van der Waals surface area contributed by atoms with E-state index in [9.17, 15) is 9.59 Å². The lowest BCUT2D eigenvalue weighted by atomic mass is 9.91. The largest absolute Gasteiger partial charge is 0.494 e. The molecule has 2 aliphatic rings. The van der Waals surface area contributed by atoms with Gasteiger partial charge in [0.05, 0.1) is 37.7 Å². The smallest absolute Gasteiger partial charge is 0.317 e. The normalized spacial score (nSPS) is 21.0. The molecule has 3 rings (SSSR count). The Morgan fingerprint density at radius 3 is 2.39 bits per heavy atom. The average Bonchev–Trinajstić information content (AvgIpc) is 3.14. The maximum Gasteiger partial charge on any atom is 0.317 e. The Morgan fingerprint density at radius 2 is 1.75 bits per heavy atom. The fourth-order valence-electron chi connectivity index (χ4n) is 3.99. The fourth-order valence-corrected chi connectivity index (χ4v) is 3.99. The SMILES string of the molecule is CCOC1=C(OCC)C(CCCC2CC(=O)OC2=O)c2cccc(OCC)c21. The van der Waals surface area contributed by atoms with Crippen molar-refractivity contribution in [2.24, 2.45) is 5.92 Å². The molecular weight excluding hydrogens is 360 g/mol. The molecule has 1 aliphatic heterocycles. The Bertz CT molecular complexity index is 766. The van der Waals surface area contributed by atoms with Crippen LogP contribution < -0.4 is 4.74 Å². The molecule has 152 valence electrons. The van der Waals surface area contributed by atoms with E-state index in [4.69, 9.17) is 14.2 Å². The highest BCUT2D eigenvalue weighted by Crippen LogP contribution is 2.49. The third kappa shape index (κ3) is 4.01. The molecule has 2 atom stereocenters. The van der Waals surface area contributed by atoms with E-state index in [-0.39, 0.29) is 18.3 Å². The number of hydrogen-bond acceptors (Lipinski definition) is 6. The van der Waals surface area contributed by atoms with Gasteiger partial charge in [-0.05, 0) is 45.2 Å². The summed E-state index contributed by atoms with van der Waals surface area (Å²) < 4.78 is 22.5. The highest BCUT2D eigenvalue weighted by Gasteiger charge is 2.37. The number of carbonyl (C=O) groups is 2. The molecular formula is C22H28O6. The van der Waals surface area contributed by atoms with Crippen molar-refractivity contribution in [3.63, 3.8) is 0 Å². The Balaban J connectivity index is 1.84. The first kappa shape index (κ1) is 20.2. The molecule has 0 bridgehead atoms. The molecule has 0 aromatic heterocycles. The van der Waals surface area contributed by atoms with Crippen molar-refractivity contribution in [1.82, 2.24) is 0 Å². The minimum Gasteiger partial charge on any atom is -0.494 e. The van der Waals surface area contributed by atoms with Gasteiger partial charge in [0.15, 0.2) is 5.76 Å². The van der Waals surface area contributed by atoms with Crippen LogP contribution in [0.2, 0.25) is 0 Å². The first-order chi connectivity index (χ1) is 13.6. The summed E-state index contributed by atoms with van der Waals surface area (Å²) in [5.41, 5.74) is 2.10. The summed E-state index contributed by atoms with van der Waals surface area (Å²) in [4.78, 5) is 23.0. The molecule has 1 aromatic rings. The van der Waals surface area contributed by atoms with E-state index < -0.39 is 11.9 Å². The van der Waals surface area contributed by atoms with Crippen LogP contribution in [0.4, 0.5) is 0 Å². The van der Waals surface area contributed by atoms with Gasteiger partial charge < -0.3 is 18.9 Å². The monoisotopic (exact) mass is 388 g/mol. The summed E-state index contributed by atoms with van der Waals surface area (Å²) in [6.45, 7) is 7.53. The fraction of sp³-hybridized carbons (Fsp3) is 0.545. The van der Waals surface area contributed by atoms with Gasteiger partial charge in [0.25, 0.3) is 0 Å². The number of rotatable bonds is 10. The van der Waals surface area contributed by atoms with Gasteiger partial charge in [-0.15, -0.1) is 0 Å². The predicted octanol–water partition coefficient (Wildman–Crippen LogP) is 4.18. The summed E-state index contributed by atoms with van der Waals surface area (Å²) >= 11 is 0. The number of benzene rings is 1. The van der Waals surface area contributed by atoms with Crippen LogP contribution in [0.1, 0.15) is 63.5 Å². The van der Waals surface area contributed by atoms with Crippen molar-refractivity contribution in [2.45, 2.75) is 52.4 Å². The van der Waals surface area contributed by atoms with Crippen LogP contribution in [0.25, 0.3) is 5.76 Å². The van der Waals surface area contributed by atoms with E-state index in [1.807, 2.05) is 32.9 Å². The van der Waals surface area contributed by atoms with E-state index in [2.05, 4.69) is 10.8 Å². The highest BCUT2D eigenvalue weighted by molar-refractivity contribution is 5.94. The molecule has 0 amide bonds. The second kappa shape index (κ2) is 9.13. The minimum absolute atomic E-state index is 0.0463. The zero-order chi connectivity index (χ0) is 20.1. The van der Waals surface area contributed by atoms with Gasteiger partial charge in [0.1, 0.15) is 11.5 Å². The first-order valence-electron chi connectivity index (χ1n) is 10.1. The van der Waals surface area contributed by atoms with Gasteiger partial charge in [-0.1, -0.05) is 18.6 Å². The Hall–Kier alpha value is -2.50. The van der Waals surface area contributed by atoms with Crippen molar-refractivity contribution >= 4 is 17.7 Å². The average molecular weight is 388 g/mol. The Labute approximate surface area is 165 Å². The summed E-state index contributed by atoms with van der Waals surface area (Å²) in [6.07, 6.45) is 2.40. The molecule has 6 heteroatoms. The highest BCUT2D eigenvalue weighted by atomic mass is 16.6. The van der Waals surface area contributed by atoms with Crippen LogP contribution in [-0.4, -0.2) is 31.8 Å². The van der Waals surface area contributed by atoms with Gasteiger partial charge >= 0.3 is 11.9 Å². The molecule has 6 nitrogen and oxygen atoms in total. The Kier molecular flexibility index (Phi) is 6.60. The van der Waals surface area contributed by atoms with Crippen LogP contribution in [-0.2, 0) is 23.8 Å². The van der Waals surface area contributed by atoms with Crippen molar-refractivity contribution in [3.05, 3.63) is 35.1 Å². The first-order valence-corrected chi connectivity index (χ1v) is 10.1. The van der Waals surface area contributed by atoms with Crippen molar-refractivity contribution in [1.29, 1.82) is 0 Å². The second-order valence-corrected chi connectivity index (χ2v) is 6.89. The maximum absolute atomic E-state index is 11.7. The van der Waals surface area contributed by atoms with Crippen LogP contribution >= 0.6 is 0 Å². The van der Waals surface area contributed by atoms with Gasteiger partial charge in [0, 0.05) is 5.92 Å². The zero-order valence-electron chi connectivity index (χ0n) is 16.8. The van der Waals surface area contributed by atoms with Crippen LogP contribution in [0.3, 0.4) is 0 Å². The maximum atomic E-state index is 11.7. The summed E-state index contributed by atoms with van der Waals surface area (Å²) in [5, 5.41) is 0. The standard InChI is InChI=1S/C22H28O6/c1-4-25-17-12-8-10-15-16(11-7-9-14-13-18(23)28-22(14)24)20(26-5-2)21(19(15)17)27-6-3/h8,10,12,14,16H,4-7,9,11,13H2,1-3H3. The zero-order valence-corrected chi connectivity index (χ0v) is 16.8. The number of fused-ring (bicyclic) bond motifs is 1. The second-order valence-electron chi connectivity index (χ2n) is 6.89. The lowest BCUT2D eigenvalue weighted by Gasteiger charge is -2.17. The number of carbonyl (C=O) groups excluding carboxylic acids is 2.